The summed E-state index contributed by atoms with van der Waals surface area (Å²) in [7, 11) is 0. The van der Waals surface area contributed by atoms with Crippen LogP contribution in [-0.4, -0.2) is 47.9 Å². The van der Waals surface area contributed by atoms with E-state index < -0.39 is 5.82 Å². The summed E-state index contributed by atoms with van der Waals surface area (Å²) in [5.74, 6) is 0.00804. The number of nitrogens with zero attached hydrogens (tertiary/aromatic N) is 3. The maximum absolute atomic E-state index is 13.3. The standard InChI is InChI=1S/C25H25FN4O2/c1-18-6-2-3-9-22(18)25(32)30-13-5-12-29(14-15-30)23-11-10-21(17-27-23)28-24(31)19-7-4-8-20(26)16-19/h2-4,6-11,16-17H,5,12-15H2,1H3,(H,28,31). The van der Waals surface area contributed by atoms with Crippen molar-refractivity contribution >= 4 is 23.3 Å². The molecule has 0 atom stereocenters. The molecule has 0 spiro atoms. The molecule has 6 nitrogen and oxygen atoms in total. The van der Waals surface area contributed by atoms with E-state index in [-0.39, 0.29) is 17.4 Å². The molecule has 4 rings (SSSR count). The number of aromatic nitrogens is 1. The lowest BCUT2D eigenvalue weighted by Gasteiger charge is -2.23. The third kappa shape index (κ3) is 4.94. The number of hydrogen-bond acceptors (Lipinski definition) is 4. The third-order valence-corrected chi connectivity index (χ3v) is 5.58. The molecule has 1 aliphatic rings. The molecule has 2 heterocycles. The number of carbonyl (C=O) groups is 2. The molecule has 1 aliphatic heterocycles. The Hall–Kier alpha value is -3.74. The van der Waals surface area contributed by atoms with Gasteiger partial charge >= 0.3 is 0 Å². The maximum atomic E-state index is 13.3. The van der Waals surface area contributed by atoms with E-state index in [0.717, 1.165) is 29.9 Å². The van der Waals surface area contributed by atoms with Crippen molar-refractivity contribution in [1.82, 2.24) is 9.88 Å². The van der Waals surface area contributed by atoms with E-state index in [9.17, 15) is 14.0 Å². The van der Waals surface area contributed by atoms with Gasteiger partial charge in [-0.2, -0.15) is 0 Å². The molecule has 1 aromatic heterocycles. The lowest BCUT2D eigenvalue weighted by atomic mass is 10.1. The van der Waals surface area contributed by atoms with Crippen LogP contribution in [0, 0.1) is 12.7 Å². The largest absolute Gasteiger partial charge is 0.355 e. The van der Waals surface area contributed by atoms with Crippen LogP contribution in [-0.2, 0) is 0 Å². The summed E-state index contributed by atoms with van der Waals surface area (Å²) < 4.78 is 13.3. The molecule has 0 bridgehead atoms. The molecule has 0 saturated carbocycles. The van der Waals surface area contributed by atoms with E-state index >= 15 is 0 Å². The number of carbonyl (C=O) groups excluding carboxylic acids is 2. The number of anilines is 2. The second-order valence-electron chi connectivity index (χ2n) is 7.82. The highest BCUT2D eigenvalue weighted by atomic mass is 19.1. The summed E-state index contributed by atoms with van der Waals surface area (Å²) in [6, 6.07) is 16.8. The van der Waals surface area contributed by atoms with Crippen molar-refractivity contribution in [2.24, 2.45) is 0 Å². The number of rotatable bonds is 4. The van der Waals surface area contributed by atoms with Crippen LogP contribution in [0.25, 0.3) is 0 Å². The van der Waals surface area contributed by atoms with Crippen LogP contribution in [0.1, 0.15) is 32.7 Å². The molecule has 1 N–H and O–H groups in total. The predicted molar refractivity (Wildman–Crippen MR) is 123 cm³/mol. The lowest BCUT2D eigenvalue weighted by Crippen LogP contribution is -2.35. The number of benzene rings is 2. The maximum Gasteiger partial charge on any atom is 0.255 e. The van der Waals surface area contributed by atoms with Crippen molar-refractivity contribution in [1.29, 1.82) is 0 Å². The summed E-state index contributed by atoms with van der Waals surface area (Å²) in [5.41, 5.74) is 2.52. The van der Waals surface area contributed by atoms with Gasteiger partial charge in [-0.3, -0.25) is 9.59 Å². The Morgan fingerprint density at radius 2 is 1.81 bits per heavy atom. The second kappa shape index (κ2) is 9.60. The first-order valence-electron chi connectivity index (χ1n) is 10.6. The highest BCUT2D eigenvalue weighted by molar-refractivity contribution is 6.04. The van der Waals surface area contributed by atoms with Crippen molar-refractivity contribution in [2.75, 3.05) is 36.4 Å². The van der Waals surface area contributed by atoms with Crippen molar-refractivity contribution in [3.63, 3.8) is 0 Å². The molecule has 0 unspecified atom stereocenters. The molecular weight excluding hydrogens is 407 g/mol. The highest BCUT2D eigenvalue weighted by Crippen LogP contribution is 2.19. The molecular formula is C25H25FN4O2. The van der Waals surface area contributed by atoms with Crippen LogP contribution in [0.4, 0.5) is 15.9 Å². The van der Waals surface area contributed by atoms with Gasteiger partial charge in [0.05, 0.1) is 11.9 Å². The third-order valence-electron chi connectivity index (χ3n) is 5.58. The molecule has 7 heteroatoms. The minimum absolute atomic E-state index is 0.0633. The zero-order chi connectivity index (χ0) is 22.5. The van der Waals surface area contributed by atoms with Gasteiger partial charge < -0.3 is 15.1 Å². The van der Waals surface area contributed by atoms with Gasteiger partial charge in [0.15, 0.2) is 0 Å². The first-order chi connectivity index (χ1) is 15.5. The quantitative estimate of drug-likeness (QED) is 0.673. The number of halogens is 1. The van der Waals surface area contributed by atoms with Crippen LogP contribution in [0.15, 0.2) is 66.9 Å². The van der Waals surface area contributed by atoms with Crippen LogP contribution in [0.3, 0.4) is 0 Å². The van der Waals surface area contributed by atoms with E-state index in [0.29, 0.717) is 25.3 Å². The molecule has 2 amide bonds. The van der Waals surface area contributed by atoms with E-state index in [4.69, 9.17) is 0 Å². The molecule has 0 radical (unpaired) electrons. The molecule has 164 valence electrons. The Morgan fingerprint density at radius 3 is 2.56 bits per heavy atom. The van der Waals surface area contributed by atoms with E-state index in [1.165, 1.54) is 18.2 Å². The number of amides is 2. The van der Waals surface area contributed by atoms with Crippen LogP contribution in [0.5, 0.6) is 0 Å². The minimum Gasteiger partial charge on any atom is -0.355 e. The average Bonchev–Trinajstić information content (AvgIpc) is 3.06. The predicted octanol–water partition coefficient (Wildman–Crippen LogP) is 4.13. The lowest BCUT2D eigenvalue weighted by molar-refractivity contribution is 0.0766. The Kier molecular flexibility index (Phi) is 6.44. The summed E-state index contributed by atoms with van der Waals surface area (Å²) in [5, 5.41) is 2.73. The zero-order valence-electron chi connectivity index (χ0n) is 17.9. The summed E-state index contributed by atoms with van der Waals surface area (Å²) >= 11 is 0. The van der Waals surface area contributed by atoms with E-state index in [1.807, 2.05) is 42.2 Å². The van der Waals surface area contributed by atoms with Gasteiger partial charge in [0.2, 0.25) is 0 Å². The number of nitrogens with one attached hydrogen (secondary N) is 1. The fourth-order valence-corrected chi connectivity index (χ4v) is 3.81. The van der Waals surface area contributed by atoms with Gasteiger partial charge in [-0.1, -0.05) is 24.3 Å². The van der Waals surface area contributed by atoms with Crippen molar-refractivity contribution in [3.8, 4) is 0 Å². The van der Waals surface area contributed by atoms with Crippen molar-refractivity contribution < 1.29 is 14.0 Å². The SMILES string of the molecule is Cc1ccccc1C(=O)N1CCCN(c2ccc(NC(=O)c3cccc(F)c3)cn2)CC1. The fraction of sp³-hybridized carbons (Fsp3) is 0.240. The summed E-state index contributed by atoms with van der Waals surface area (Å²) in [6.07, 6.45) is 2.44. The fourth-order valence-electron chi connectivity index (χ4n) is 3.81. The van der Waals surface area contributed by atoms with Crippen LogP contribution in [0.2, 0.25) is 0 Å². The Morgan fingerprint density at radius 1 is 0.969 bits per heavy atom. The van der Waals surface area contributed by atoms with Gasteiger partial charge in [0.25, 0.3) is 11.8 Å². The van der Waals surface area contributed by atoms with Crippen molar-refractivity contribution in [3.05, 3.63) is 89.4 Å². The number of aryl methyl sites for hydroxylation is 1. The van der Waals surface area contributed by atoms with Gasteiger partial charge in [-0.15, -0.1) is 0 Å². The molecule has 0 aliphatic carbocycles. The Balaban J connectivity index is 1.38. The molecule has 1 saturated heterocycles. The average molecular weight is 432 g/mol. The van der Waals surface area contributed by atoms with Gasteiger partial charge in [0, 0.05) is 37.3 Å². The second-order valence-corrected chi connectivity index (χ2v) is 7.82. The Labute approximate surface area is 186 Å². The van der Waals surface area contributed by atoms with E-state index in [2.05, 4.69) is 15.2 Å². The Bertz CT molecular complexity index is 1120. The van der Waals surface area contributed by atoms with Gasteiger partial charge in [0.1, 0.15) is 11.6 Å². The molecule has 1 fully saturated rings. The molecule has 2 aromatic carbocycles. The zero-order valence-corrected chi connectivity index (χ0v) is 17.9. The topological polar surface area (TPSA) is 65.5 Å². The number of hydrogen-bond donors (Lipinski definition) is 1. The summed E-state index contributed by atoms with van der Waals surface area (Å²) in [6.45, 7) is 4.74. The van der Waals surface area contributed by atoms with Crippen LogP contribution >= 0.6 is 0 Å². The normalized spacial score (nSPS) is 14.1. The smallest absolute Gasteiger partial charge is 0.255 e. The monoisotopic (exact) mass is 432 g/mol. The van der Waals surface area contributed by atoms with Crippen molar-refractivity contribution in [2.45, 2.75) is 13.3 Å². The molecule has 3 aromatic rings. The number of pyridine rings is 1. The minimum atomic E-state index is -0.456. The summed E-state index contributed by atoms with van der Waals surface area (Å²) in [4.78, 5) is 33.7. The highest BCUT2D eigenvalue weighted by Gasteiger charge is 2.22. The van der Waals surface area contributed by atoms with Gasteiger partial charge in [-0.25, -0.2) is 9.37 Å². The molecule has 32 heavy (non-hydrogen) atoms. The van der Waals surface area contributed by atoms with E-state index in [1.54, 1.807) is 18.3 Å². The van der Waals surface area contributed by atoms with Gasteiger partial charge in [-0.05, 0) is 55.3 Å². The first kappa shape index (κ1) is 21.5. The first-order valence-corrected chi connectivity index (χ1v) is 10.6. The van der Waals surface area contributed by atoms with Crippen LogP contribution < -0.4 is 10.2 Å².